The van der Waals surface area contributed by atoms with Crippen molar-refractivity contribution in [1.29, 1.82) is 0 Å². The first-order chi connectivity index (χ1) is 10.4. The molecule has 0 aliphatic heterocycles. The second kappa shape index (κ2) is 4.52. The zero-order valence-corrected chi connectivity index (χ0v) is 10.3. The van der Waals surface area contributed by atoms with Gasteiger partial charge in [-0.05, 0) is 0 Å². The predicted molar refractivity (Wildman–Crippen MR) is 66.0 cm³/mol. The predicted octanol–water partition coefficient (Wildman–Crippen LogP) is -0.773. The quantitative estimate of drug-likeness (QED) is 0.437. The summed E-state index contributed by atoms with van der Waals surface area (Å²) < 4.78 is 0. The molecule has 0 fully saturated rings. The minimum absolute atomic E-state index is 0.306. The van der Waals surface area contributed by atoms with Gasteiger partial charge in [-0.3, -0.25) is 15.3 Å². The van der Waals surface area contributed by atoms with Crippen LogP contribution in [-0.2, 0) is 0 Å². The van der Waals surface area contributed by atoms with E-state index in [0.717, 1.165) is 0 Å². The van der Waals surface area contributed by atoms with Gasteiger partial charge in [0.1, 0.15) is 19.0 Å². The third-order valence-corrected chi connectivity index (χ3v) is 2.52. The topological polar surface area (TPSA) is 163 Å². The summed E-state index contributed by atoms with van der Waals surface area (Å²) in [6.45, 7) is 0. The first kappa shape index (κ1) is 11.3. The maximum Gasteiger partial charge on any atom is 0.201 e. The number of hydrogen-bond donors (Lipinski definition) is 3. The van der Waals surface area contributed by atoms with E-state index in [-0.39, 0.29) is 0 Å². The van der Waals surface area contributed by atoms with Crippen LogP contribution in [0.1, 0.15) is 0 Å². The van der Waals surface area contributed by atoms with Crippen molar-refractivity contribution in [1.82, 2.24) is 60.5 Å². The maximum atomic E-state index is 4.28. The van der Waals surface area contributed by atoms with Crippen molar-refractivity contribution in [2.24, 2.45) is 0 Å². The summed E-state index contributed by atoms with van der Waals surface area (Å²) in [6, 6.07) is 0. The fourth-order valence-electron chi connectivity index (χ4n) is 1.63. The molecule has 3 N–H and O–H groups in total. The number of nitrogens with one attached hydrogen (secondary N) is 3. The van der Waals surface area contributed by atoms with Crippen LogP contribution < -0.4 is 0 Å². The molecule has 0 unspecified atom stereocenters. The maximum absolute atomic E-state index is 4.28. The summed E-state index contributed by atoms with van der Waals surface area (Å²) in [5.74, 6) is 2.12. The Morgan fingerprint density at radius 1 is 0.524 bits per heavy atom. The summed E-state index contributed by atoms with van der Waals surface area (Å²) in [6.07, 6.45) is 4.09. The van der Waals surface area contributed by atoms with E-state index >= 15 is 0 Å². The minimum Gasteiger partial charge on any atom is -0.257 e. The molecule has 0 saturated carbocycles. The Balaban J connectivity index is 1.92. The third-order valence-electron chi connectivity index (χ3n) is 2.52. The average Bonchev–Trinajstić information content (AvgIpc) is 3.29. The van der Waals surface area contributed by atoms with E-state index in [1.165, 1.54) is 19.0 Å². The minimum atomic E-state index is 0.306. The molecule has 21 heavy (non-hydrogen) atoms. The highest BCUT2D eigenvalue weighted by Gasteiger charge is 2.16. The smallest absolute Gasteiger partial charge is 0.201 e. The van der Waals surface area contributed by atoms with Crippen molar-refractivity contribution in [3.63, 3.8) is 0 Å². The van der Waals surface area contributed by atoms with Crippen LogP contribution in [0.2, 0.25) is 0 Å². The van der Waals surface area contributed by atoms with Gasteiger partial charge < -0.3 is 0 Å². The molecule has 4 heterocycles. The number of nitrogens with zero attached hydrogens (tertiary/aromatic N) is 9. The van der Waals surface area contributed by atoms with Crippen molar-refractivity contribution < 1.29 is 0 Å². The molecule has 0 aromatic carbocycles. The van der Waals surface area contributed by atoms with Gasteiger partial charge >= 0.3 is 0 Å². The summed E-state index contributed by atoms with van der Waals surface area (Å²) in [4.78, 5) is 24.9. The summed E-state index contributed by atoms with van der Waals surface area (Å²) in [5.41, 5.74) is 0. The molecule has 4 rings (SSSR count). The fraction of sp³-hybridized carbons (Fsp3) is 0. The van der Waals surface area contributed by atoms with E-state index in [0.29, 0.717) is 34.9 Å². The van der Waals surface area contributed by atoms with Crippen molar-refractivity contribution in [2.75, 3.05) is 0 Å². The van der Waals surface area contributed by atoms with Crippen LogP contribution in [0.5, 0.6) is 0 Å². The van der Waals surface area contributed by atoms with Gasteiger partial charge in [0.05, 0.1) is 0 Å². The first-order valence-corrected chi connectivity index (χ1v) is 5.73. The normalized spacial score (nSPS) is 10.9. The molecular weight excluding hydrogens is 276 g/mol. The zero-order chi connectivity index (χ0) is 14.1. The lowest BCUT2D eigenvalue weighted by Gasteiger charge is -2.01. The van der Waals surface area contributed by atoms with Crippen LogP contribution in [0.25, 0.3) is 34.9 Å². The van der Waals surface area contributed by atoms with Crippen molar-refractivity contribution >= 4 is 0 Å². The van der Waals surface area contributed by atoms with E-state index in [9.17, 15) is 0 Å². The Bertz CT molecular complexity index is 704. The zero-order valence-electron chi connectivity index (χ0n) is 10.3. The Morgan fingerprint density at radius 3 is 1.10 bits per heavy atom. The molecule has 0 saturated heterocycles. The monoisotopic (exact) mass is 282 g/mol. The van der Waals surface area contributed by atoms with E-state index < -0.39 is 0 Å². The van der Waals surface area contributed by atoms with E-state index in [4.69, 9.17) is 0 Å². The average molecular weight is 282 g/mol. The number of H-pyrrole nitrogens is 3. The van der Waals surface area contributed by atoms with Crippen molar-refractivity contribution in [3.8, 4) is 34.9 Å². The van der Waals surface area contributed by atoms with Gasteiger partial charge in [0.15, 0.2) is 17.5 Å². The van der Waals surface area contributed by atoms with Crippen molar-refractivity contribution in [2.45, 2.75) is 0 Å². The molecule has 12 nitrogen and oxygen atoms in total. The van der Waals surface area contributed by atoms with Crippen LogP contribution in [0.15, 0.2) is 19.0 Å². The van der Waals surface area contributed by atoms with Crippen LogP contribution in [0.3, 0.4) is 0 Å². The number of rotatable bonds is 3. The molecule has 12 heteroatoms. The molecule has 0 aliphatic carbocycles. The van der Waals surface area contributed by atoms with Gasteiger partial charge in [-0.1, -0.05) is 0 Å². The van der Waals surface area contributed by atoms with Gasteiger partial charge in [-0.25, -0.2) is 29.9 Å². The Labute approximate surface area is 115 Å². The van der Waals surface area contributed by atoms with Gasteiger partial charge in [-0.2, -0.15) is 15.3 Å². The third kappa shape index (κ3) is 1.99. The summed E-state index contributed by atoms with van der Waals surface area (Å²) >= 11 is 0. The van der Waals surface area contributed by atoms with Gasteiger partial charge in [-0.15, -0.1) is 0 Å². The molecule has 4 aromatic heterocycles. The van der Waals surface area contributed by atoms with Crippen LogP contribution in [0.4, 0.5) is 0 Å². The number of aromatic nitrogens is 12. The Hall–Kier alpha value is -3.57. The Kier molecular flexibility index (Phi) is 2.42. The standard InChI is InChI=1S/C9H6N12/c1-10-4(19-13-1)7-16-8(5-11-2-14-20-5)18-9(17-7)6-12-3-15-21-6/h1-3H,(H,10,13,19)(H,11,14,20)(H,12,15,21). The van der Waals surface area contributed by atoms with Crippen LogP contribution in [-0.4, -0.2) is 60.5 Å². The lowest BCUT2D eigenvalue weighted by Crippen LogP contribution is -2.02. The molecule has 0 aliphatic rings. The number of aromatic amines is 3. The van der Waals surface area contributed by atoms with E-state index in [1.54, 1.807) is 0 Å². The highest BCUT2D eigenvalue weighted by Crippen LogP contribution is 2.17. The lowest BCUT2D eigenvalue weighted by atomic mass is 10.4. The molecule has 4 aromatic rings. The van der Waals surface area contributed by atoms with Gasteiger partial charge in [0.25, 0.3) is 0 Å². The van der Waals surface area contributed by atoms with E-state index in [1.807, 2.05) is 0 Å². The lowest BCUT2D eigenvalue weighted by molar-refractivity contribution is 0.984. The summed E-state index contributed by atoms with van der Waals surface area (Å²) in [7, 11) is 0. The molecule has 0 bridgehead atoms. The highest BCUT2D eigenvalue weighted by molar-refractivity contribution is 5.55. The van der Waals surface area contributed by atoms with Crippen LogP contribution >= 0.6 is 0 Å². The SMILES string of the molecule is c1n[nH]c(-c2nc(-c3ncn[nH]3)nc(-c3ncn[nH]3)n2)n1. The second-order valence-corrected chi connectivity index (χ2v) is 3.81. The molecule has 0 spiro atoms. The molecular formula is C9H6N12. The first-order valence-electron chi connectivity index (χ1n) is 5.73. The van der Waals surface area contributed by atoms with Crippen LogP contribution in [0, 0.1) is 0 Å². The molecule has 0 atom stereocenters. The van der Waals surface area contributed by atoms with E-state index in [2.05, 4.69) is 60.5 Å². The highest BCUT2D eigenvalue weighted by atomic mass is 15.3. The fourth-order valence-corrected chi connectivity index (χ4v) is 1.63. The van der Waals surface area contributed by atoms with Crippen molar-refractivity contribution in [3.05, 3.63) is 19.0 Å². The molecule has 0 radical (unpaired) electrons. The second-order valence-electron chi connectivity index (χ2n) is 3.81. The largest absolute Gasteiger partial charge is 0.257 e. The summed E-state index contributed by atoms with van der Waals surface area (Å²) in [5, 5.41) is 19.4. The number of hydrogen-bond acceptors (Lipinski definition) is 9. The Morgan fingerprint density at radius 2 is 0.857 bits per heavy atom. The van der Waals surface area contributed by atoms with Gasteiger partial charge in [0.2, 0.25) is 17.5 Å². The molecule has 0 amide bonds. The molecule has 102 valence electrons. The van der Waals surface area contributed by atoms with Gasteiger partial charge in [0, 0.05) is 0 Å².